The van der Waals surface area contributed by atoms with Crippen LogP contribution in [0, 0.1) is 11.6 Å². The van der Waals surface area contributed by atoms with Gasteiger partial charge in [0, 0.05) is 24.3 Å². The van der Waals surface area contributed by atoms with Gasteiger partial charge in [-0.3, -0.25) is 14.6 Å². The van der Waals surface area contributed by atoms with Crippen LogP contribution < -0.4 is 9.47 Å². The number of nitrogens with zero attached hydrogens (tertiary/aromatic N) is 2. The van der Waals surface area contributed by atoms with Gasteiger partial charge in [0.25, 0.3) is 0 Å². The number of rotatable bonds is 7. The van der Waals surface area contributed by atoms with Gasteiger partial charge in [-0.25, -0.2) is 13.8 Å². The monoisotopic (exact) mass is 604 g/mol. The third-order valence-corrected chi connectivity index (χ3v) is 7.19. The van der Waals surface area contributed by atoms with Gasteiger partial charge in [0.15, 0.2) is 28.9 Å². The van der Waals surface area contributed by atoms with Crippen molar-refractivity contribution in [3.63, 3.8) is 0 Å². The number of ketones is 2. The van der Waals surface area contributed by atoms with Gasteiger partial charge in [-0.15, -0.1) is 0 Å². The topological polar surface area (TPSA) is 78.4 Å². The Labute approximate surface area is 237 Å². The fourth-order valence-electron chi connectivity index (χ4n) is 4.81. The Hall–Kier alpha value is -4.24. The largest absolute Gasteiger partial charge is 0.480 e. The number of pyridine rings is 2. The van der Waals surface area contributed by atoms with Crippen molar-refractivity contribution in [3.8, 4) is 17.4 Å². The molecule has 0 fully saturated rings. The van der Waals surface area contributed by atoms with Gasteiger partial charge in [0.05, 0.1) is 22.7 Å². The Morgan fingerprint density at radius 2 is 1.75 bits per heavy atom. The molecule has 0 bridgehead atoms. The Kier molecular flexibility index (Phi) is 7.58. The summed E-state index contributed by atoms with van der Waals surface area (Å²) in [6, 6.07) is 13.1. The Morgan fingerprint density at radius 3 is 2.45 bits per heavy atom. The van der Waals surface area contributed by atoms with Gasteiger partial charge < -0.3 is 9.47 Å². The fraction of sp³-hybridized carbons (Fsp3) is 0.161. The molecule has 0 unspecified atom stereocenters. The minimum atomic E-state index is -0.678. The Bertz CT molecular complexity index is 1750. The van der Waals surface area contributed by atoms with Crippen LogP contribution in [-0.4, -0.2) is 28.6 Å². The zero-order valence-corrected chi connectivity index (χ0v) is 23.4. The van der Waals surface area contributed by atoms with Crippen molar-refractivity contribution in [2.45, 2.75) is 26.7 Å². The average Bonchev–Trinajstić information content (AvgIpc) is 2.90. The maximum atomic E-state index is 15.1. The molecule has 40 heavy (non-hydrogen) atoms. The summed E-state index contributed by atoms with van der Waals surface area (Å²) in [5.41, 5.74) is 3.79. The molecular weight excluding hydrogens is 582 g/mol. The zero-order valence-electron chi connectivity index (χ0n) is 21.8. The molecule has 0 atom stereocenters. The molecule has 5 rings (SSSR count). The summed E-state index contributed by atoms with van der Waals surface area (Å²) in [7, 11) is 1.48. The van der Waals surface area contributed by atoms with E-state index in [-0.39, 0.29) is 23.5 Å². The number of aromatic nitrogens is 2. The lowest BCUT2D eigenvalue weighted by Crippen LogP contribution is -2.22. The third-order valence-electron chi connectivity index (χ3n) is 6.62. The first-order chi connectivity index (χ1) is 19.2. The van der Waals surface area contributed by atoms with Crippen LogP contribution in [0.5, 0.6) is 17.4 Å². The molecule has 4 aromatic rings. The maximum Gasteiger partial charge on any atom is 0.228 e. The van der Waals surface area contributed by atoms with E-state index in [0.29, 0.717) is 50.1 Å². The van der Waals surface area contributed by atoms with Gasteiger partial charge in [-0.05, 0) is 77.7 Å². The first-order valence-electron chi connectivity index (χ1n) is 12.3. The summed E-state index contributed by atoms with van der Waals surface area (Å²) in [5.74, 6) is -1.36. The highest BCUT2D eigenvalue weighted by atomic mass is 79.9. The molecule has 0 N–H and O–H groups in total. The molecule has 0 saturated carbocycles. The summed E-state index contributed by atoms with van der Waals surface area (Å²) >= 11 is 3.37. The molecule has 2 aromatic heterocycles. The number of hydrogen-bond donors (Lipinski definition) is 0. The van der Waals surface area contributed by atoms with Gasteiger partial charge in [0.2, 0.25) is 5.88 Å². The number of benzene rings is 2. The molecule has 9 heteroatoms. The summed E-state index contributed by atoms with van der Waals surface area (Å²) in [6.07, 6.45) is 1.79. The van der Waals surface area contributed by atoms with E-state index in [0.717, 1.165) is 5.57 Å². The highest BCUT2D eigenvalue weighted by molar-refractivity contribution is 9.10. The van der Waals surface area contributed by atoms with E-state index in [2.05, 4.69) is 25.9 Å². The lowest BCUT2D eigenvalue weighted by Gasteiger charge is -2.21. The molecule has 2 aromatic carbocycles. The molecule has 0 aliphatic heterocycles. The molecule has 6 nitrogen and oxygen atoms in total. The van der Waals surface area contributed by atoms with Crippen LogP contribution >= 0.6 is 15.9 Å². The number of carbonyl (C=O) groups is 2. The predicted octanol–water partition coefficient (Wildman–Crippen LogP) is 7.35. The predicted molar refractivity (Wildman–Crippen MR) is 150 cm³/mol. The molecule has 2 heterocycles. The van der Waals surface area contributed by atoms with E-state index in [1.807, 2.05) is 6.92 Å². The first kappa shape index (κ1) is 27.3. The number of fused-ring (bicyclic) bond motifs is 1. The molecule has 202 valence electrons. The average molecular weight is 605 g/mol. The van der Waals surface area contributed by atoms with Crippen LogP contribution in [-0.2, 0) is 16.0 Å². The smallest absolute Gasteiger partial charge is 0.228 e. The van der Waals surface area contributed by atoms with Crippen molar-refractivity contribution in [3.05, 3.63) is 105 Å². The second-order valence-corrected chi connectivity index (χ2v) is 10.3. The molecule has 0 spiro atoms. The van der Waals surface area contributed by atoms with E-state index in [1.165, 1.54) is 49.7 Å². The van der Waals surface area contributed by atoms with Crippen LogP contribution in [0.15, 0.2) is 82.0 Å². The van der Waals surface area contributed by atoms with Crippen molar-refractivity contribution in [2.24, 2.45) is 0 Å². The standard InChI is InChI=1S/C31H23BrF2N2O4/c1-16-12-17(2)28(30(38)27(16)19-5-7-20(33)8-6-19)24(37)14-18-4-9-25(22(34)13-18)40-26-10-11-35-23-15-21(32)31(39-3)36-29(23)26/h4-11,13,15H,12,14H2,1-3H3. The summed E-state index contributed by atoms with van der Waals surface area (Å²) in [4.78, 5) is 35.4. The van der Waals surface area contributed by atoms with Gasteiger partial charge in [-0.2, -0.15) is 0 Å². The number of carbonyl (C=O) groups excluding carboxylic acids is 2. The van der Waals surface area contributed by atoms with Crippen LogP contribution in [0.25, 0.3) is 16.6 Å². The van der Waals surface area contributed by atoms with E-state index in [9.17, 15) is 14.0 Å². The number of Topliss-reactive ketones (excluding diaryl/α,β-unsaturated/α-hetero) is 2. The quantitative estimate of drug-likeness (QED) is 0.205. The van der Waals surface area contributed by atoms with Crippen LogP contribution in [0.1, 0.15) is 31.4 Å². The summed E-state index contributed by atoms with van der Waals surface area (Å²) < 4.78 is 40.3. The highest BCUT2D eigenvalue weighted by Gasteiger charge is 2.30. The van der Waals surface area contributed by atoms with E-state index >= 15 is 4.39 Å². The Morgan fingerprint density at radius 1 is 1.00 bits per heavy atom. The second kappa shape index (κ2) is 11.1. The number of methoxy groups -OCH3 is 1. The van der Waals surface area contributed by atoms with E-state index in [4.69, 9.17) is 9.47 Å². The van der Waals surface area contributed by atoms with Crippen LogP contribution in [0.4, 0.5) is 8.78 Å². The van der Waals surface area contributed by atoms with Crippen LogP contribution in [0.3, 0.4) is 0 Å². The zero-order chi connectivity index (χ0) is 28.6. The lowest BCUT2D eigenvalue weighted by molar-refractivity contribution is -0.118. The Balaban J connectivity index is 1.37. The van der Waals surface area contributed by atoms with Crippen molar-refractivity contribution in [1.82, 2.24) is 9.97 Å². The lowest BCUT2D eigenvalue weighted by atomic mass is 9.80. The fourth-order valence-corrected chi connectivity index (χ4v) is 5.27. The molecule has 0 amide bonds. The second-order valence-electron chi connectivity index (χ2n) is 9.45. The van der Waals surface area contributed by atoms with E-state index < -0.39 is 23.2 Å². The first-order valence-corrected chi connectivity index (χ1v) is 13.1. The molecule has 0 radical (unpaired) electrons. The van der Waals surface area contributed by atoms with Crippen molar-refractivity contribution in [1.29, 1.82) is 0 Å². The van der Waals surface area contributed by atoms with Gasteiger partial charge in [0.1, 0.15) is 11.3 Å². The van der Waals surface area contributed by atoms with E-state index in [1.54, 1.807) is 25.1 Å². The normalized spacial score (nSPS) is 13.7. The van der Waals surface area contributed by atoms with Gasteiger partial charge >= 0.3 is 0 Å². The number of allylic oxidation sites excluding steroid dienone is 4. The number of ether oxygens (including phenoxy) is 2. The highest BCUT2D eigenvalue weighted by Crippen LogP contribution is 2.36. The van der Waals surface area contributed by atoms with Crippen LogP contribution in [0.2, 0.25) is 0 Å². The number of halogens is 3. The molecule has 0 saturated heterocycles. The summed E-state index contributed by atoms with van der Waals surface area (Å²) in [6.45, 7) is 3.57. The van der Waals surface area contributed by atoms with Crippen molar-refractivity contribution in [2.75, 3.05) is 7.11 Å². The summed E-state index contributed by atoms with van der Waals surface area (Å²) in [5, 5.41) is 0. The molecule has 1 aliphatic rings. The minimum absolute atomic E-state index is 0.0614. The number of hydrogen-bond acceptors (Lipinski definition) is 6. The third kappa shape index (κ3) is 5.29. The molecule has 1 aliphatic carbocycles. The minimum Gasteiger partial charge on any atom is -0.480 e. The van der Waals surface area contributed by atoms with Gasteiger partial charge in [-0.1, -0.05) is 29.3 Å². The van der Waals surface area contributed by atoms with Crippen molar-refractivity contribution >= 4 is 44.1 Å². The maximum absolute atomic E-state index is 15.1. The molecular formula is C31H23BrF2N2O4. The SMILES string of the molecule is COc1nc2c(Oc3ccc(CC(=O)C4=C(C)CC(C)=C(c5ccc(F)cc5)C4=O)cc3F)ccnc2cc1Br. The van der Waals surface area contributed by atoms with Crippen molar-refractivity contribution < 1.29 is 27.8 Å².